The highest BCUT2D eigenvalue weighted by atomic mass is 19.1. The quantitative estimate of drug-likeness (QED) is 0.676. The third-order valence-electron chi connectivity index (χ3n) is 5.12. The van der Waals surface area contributed by atoms with Crippen LogP contribution < -0.4 is 10.6 Å². The number of amides is 1. The van der Waals surface area contributed by atoms with Crippen molar-refractivity contribution < 1.29 is 9.18 Å². The van der Waals surface area contributed by atoms with E-state index in [9.17, 15) is 9.18 Å². The van der Waals surface area contributed by atoms with E-state index in [1.165, 1.54) is 12.1 Å². The van der Waals surface area contributed by atoms with Crippen molar-refractivity contribution in [1.82, 2.24) is 30.2 Å². The molecule has 3 aromatic rings. The minimum absolute atomic E-state index is 0.0526. The molecule has 1 aromatic carbocycles. The van der Waals surface area contributed by atoms with Crippen LogP contribution in [0, 0.1) is 11.7 Å². The molecule has 0 aliphatic carbocycles. The lowest BCUT2D eigenvalue weighted by molar-refractivity contribution is -0.124. The summed E-state index contributed by atoms with van der Waals surface area (Å²) < 4.78 is 16.5. The third-order valence-corrected chi connectivity index (χ3v) is 5.12. The zero-order valence-electron chi connectivity index (χ0n) is 15.7. The first-order chi connectivity index (χ1) is 13.6. The molecular weight excluding hydrogens is 359 g/mol. The average molecular weight is 382 g/mol. The second-order valence-corrected chi connectivity index (χ2v) is 7.09. The van der Waals surface area contributed by atoms with Gasteiger partial charge in [-0.05, 0) is 35.9 Å². The van der Waals surface area contributed by atoms with Crippen molar-refractivity contribution in [2.45, 2.75) is 12.3 Å². The first-order valence-electron chi connectivity index (χ1n) is 9.37. The molecule has 3 heterocycles. The van der Waals surface area contributed by atoms with Gasteiger partial charge in [0.05, 0.1) is 23.5 Å². The normalized spacial score (nSPS) is 19.1. The topological polar surface area (TPSA) is 76.8 Å². The second kappa shape index (κ2) is 7.93. The zero-order valence-corrected chi connectivity index (χ0v) is 15.7. The summed E-state index contributed by atoms with van der Waals surface area (Å²) in [7, 11) is 1.88. The number of hydrogen-bond donors (Lipinski definition) is 2. The fourth-order valence-corrected chi connectivity index (χ4v) is 3.61. The van der Waals surface area contributed by atoms with E-state index in [-0.39, 0.29) is 23.6 Å². The summed E-state index contributed by atoms with van der Waals surface area (Å²) in [6.07, 6.45) is 6.28. The number of nitrogens with zero attached hydrogens (tertiary/aromatic N) is 4. The van der Waals surface area contributed by atoms with Crippen LogP contribution in [0.5, 0.6) is 0 Å². The Morgan fingerprint density at radius 1 is 1.29 bits per heavy atom. The van der Waals surface area contributed by atoms with Gasteiger partial charge in [0.2, 0.25) is 5.91 Å². The van der Waals surface area contributed by atoms with Crippen molar-refractivity contribution in [2.75, 3.05) is 19.6 Å². The van der Waals surface area contributed by atoms with Crippen LogP contribution in [0.3, 0.4) is 0 Å². The minimum atomic E-state index is -0.273. The Balaban J connectivity index is 1.31. The molecule has 0 unspecified atom stereocenters. The van der Waals surface area contributed by atoms with E-state index < -0.39 is 0 Å². The molecule has 1 aliphatic rings. The van der Waals surface area contributed by atoms with Crippen LogP contribution in [0.15, 0.2) is 48.9 Å². The Hall–Kier alpha value is -3.00. The van der Waals surface area contributed by atoms with Gasteiger partial charge in [-0.25, -0.2) is 9.07 Å². The van der Waals surface area contributed by atoms with E-state index >= 15 is 0 Å². The van der Waals surface area contributed by atoms with Crippen LogP contribution >= 0.6 is 0 Å². The lowest BCUT2D eigenvalue weighted by atomic mass is 9.90. The van der Waals surface area contributed by atoms with E-state index in [1.807, 2.05) is 31.7 Å². The highest BCUT2D eigenvalue weighted by molar-refractivity contribution is 5.80. The van der Waals surface area contributed by atoms with Crippen LogP contribution in [-0.2, 0) is 18.3 Å². The van der Waals surface area contributed by atoms with Gasteiger partial charge in [-0.1, -0.05) is 0 Å². The smallest absolute Gasteiger partial charge is 0.225 e. The molecule has 8 heteroatoms. The van der Waals surface area contributed by atoms with Gasteiger partial charge in [-0.3, -0.25) is 9.48 Å². The van der Waals surface area contributed by atoms with Gasteiger partial charge in [0.25, 0.3) is 0 Å². The number of carbonyl (C=O) groups excluding carboxylic acids is 1. The van der Waals surface area contributed by atoms with Crippen molar-refractivity contribution in [2.24, 2.45) is 13.0 Å². The van der Waals surface area contributed by atoms with Crippen LogP contribution in [-0.4, -0.2) is 45.1 Å². The molecule has 7 nitrogen and oxygen atoms in total. The first-order valence-corrected chi connectivity index (χ1v) is 9.37. The molecule has 28 heavy (non-hydrogen) atoms. The maximum Gasteiger partial charge on any atom is 0.225 e. The lowest BCUT2D eigenvalue weighted by Gasteiger charge is -2.16. The van der Waals surface area contributed by atoms with E-state index in [0.717, 1.165) is 23.5 Å². The van der Waals surface area contributed by atoms with Crippen molar-refractivity contribution in [1.29, 1.82) is 0 Å². The number of hydrogen-bond acceptors (Lipinski definition) is 4. The molecule has 2 aromatic heterocycles. The summed E-state index contributed by atoms with van der Waals surface area (Å²) >= 11 is 0. The van der Waals surface area contributed by atoms with E-state index in [0.29, 0.717) is 19.5 Å². The molecule has 2 atom stereocenters. The molecule has 0 radical (unpaired) electrons. The molecule has 1 aliphatic heterocycles. The SMILES string of the molecule is Cn1cc([C@H]2CNC[C@@H]2C(=O)NCCc2ccn(-c3ccc(F)cc3)n2)cn1. The number of nitrogens with one attached hydrogen (secondary N) is 2. The van der Waals surface area contributed by atoms with Crippen LogP contribution in [0.4, 0.5) is 4.39 Å². The maximum atomic E-state index is 13.0. The van der Waals surface area contributed by atoms with E-state index in [4.69, 9.17) is 0 Å². The fourth-order valence-electron chi connectivity index (χ4n) is 3.61. The molecule has 1 amide bonds. The molecular formula is C20H23FN6O. The number of aromatic nitrogens is 4. The Morgan fingerprint density at radius 3 is 2.86 bits per heavy atom. The van der Waals surface area contributed by atoms with Crippen LogP contribution in [0.25, 0.3) is 5.69 Å². The molecule has 1 saturated heterocycles. The summed E-state index contributed by atoms with van der Waals surface area (Å²) in [6, 6.07) is 8.08. The Labute approximate surface area is 162 Å². The summed E-state index contributed by atoms with van der Waals surface area (Å²) in [5.41, 5.74) is 2.76. The van der Waals surface area contributed by atoms with Crippen molar-refractivity contribution in [3.05, 3.63) is 66.0 Å². The first kappa shape index (κ1) is 18.4. The predicted octanol–water partition coefficient (Wildman–Crippen LogP) is 1.41. The van der Waals surface area contributed by atoms with E-state index in [2.05, 4.69) is 20.8 Å². The highest BCUT2D eigenvalue weighted by Gasteiger charge is 2.34. The number of aryl methyl sites for hydroxylation is 1. The van der Waals surface area contributed by atoms with Gasteiger partial charge < -0.3 is 10.6 Å². The van der Waals surface area contributed by atoms with Crippen LogP contribution in [0.1, 0.15) is 17.2 Å². The molecule has 4 rings (SSSR count). The molecule has 2 N–H and O–H groups in total. The lowest BCUT2D eigenvalue weighted by Crippen LogP contribution is -2.35. The molecule has 0 saturated carbocycles. The summed E-state index contributed by atoms with van der Waals surface area (Å²) in [5.74, 6) is -0.172. The summed E-state index contributed by atoms with van der Waals surface area (Å²) in [5, 5.41) is 15.0. The molecule has 146 valence electrons. The maximum absolute atomic E-state index is 13.0. The third kappa shape index (κ3) is 3.96. The standard InChI is InChI=1S/C20H23FN6O/c1-26-13-14(10-24-26)18-11-22-12-19(18)20(28)23-8-6-16-7-9-27(25-16)17-4-2-15(21)3-5-17/h2-5,7,9-10,13,18-19,22H,6,8,11-12H2,1H3,(H,23,28)/t18-,19+/m1/s1. The van der Waals surface area contributed by atoms with Gasteiger partial charge in [0, 0.05) is 51.4 Å². The van der Waals surface area contributed by atoms with Gasteiger partial charge in [0.1, 0.15) is 5.82 Å². The number of carbonyl (C=O) groups is 1. The number of rotatable bonds is 6. The Kier molecular flexibility index (Phi) is 5.21. The van der Waals surface area contributed by atoms with Gasteiger partial charge >= 0.3 is 0 Å². The molecule has 1 fully saturated rings. The predicted molar refractivity (Wildman–Crippen MR) is 103 cm³/mol. The second-order valence-electron chi connectivity index (χ2n) is 7.09. The Morgan fingerprint density at radius 2 is 2.11 bits per heavy atom. The highest BCUT2D eigenvalue weighted by Crippen LogP contribution is 2.27. The van der Waals surface area contributed by atoms with Gasteiger partial charge in [-0.15, -0.1) is 0 Å². The Bertz CT molecular complexity index is 948. The van der Waals surface area contributed by atoms with Crippen molar-refractivity contribution >= 4 is 5.91 Å². The van der Waals surface area contributed by atoms with Gasteiger partial charge in [-0.2, -0.15) is 10.2 Å². The summed E-state index contributed by atoms with van der Waals surface area (Å²) in [4.78, 5) is 12.6. The molecule has 0 spiro atoms. The van der Waals surface area contributed by atoms with Crippen molar-refractivity contribution in [3.8, 4) is 5.69 Å². The average Bonchev–Trinajstić information content (AvgIpc) is 3.42. The van der Waals surface area contributed by atoms with E-state index in [1.54, 1.807) is 21.5 Å². The summed E-state index contributed by atoms with van der Waals surface area (Å²) in [6.45, 7) is 1.98. The van der Waals surface area contributed by atoms with Crippen LogP contribution in [0.2, 0.25) is 0 Å². The minimum Gasteiger partial charge on any atom is -0.355 e. The number of benzene rings is 1. The zero-order chi connectivity index (χ0) is 19.5. The largest absolute Gasteiger partial charge is 0.355 e. The monoisotopic (exact) mass is 382 g/mol. The number of halogens is 1. The van der Waals surface area contributed by atoms with Gasteiger partial charge in [0.15, 0.2) is 0 Å². The van der Waals surface area contributed by atoms with Crippen molar-refractivity contribution in [3.63, 3.8) is 0 Å². The molecule has 0 bridgehead atoms. The fraction of sp³-hybridized carbons (Fsp3) is 0.350.